The molecule has 2 aromatic rings. The van der Waals surface area contributed by atoms with E-state index in [-0.39, 0.29) is 23.0 Å². The first-order valence-electron chi connectivity index (χ1n) is 6.43. The number of sulfonamides is 1. The third-order valence-corrected chi connectivity index (χ3v) is 5.16. The summed E-state index contributed by atoms with van der Waals surface area (Å²) in [6.45, 7) is 4.34. The number of benzene rings is 1. The van der Waals surface area contributed by atoms with Gasteiger partial charge >= 0.3 is 0 Å². The number of nitrogens with zero attached hydrogens (tertiary/aromatic N) is 1. The van der Waals surface area contributed by atoms with E-state index in [2.05, 4.69) is 9.88 Å². The van der Waals surface area contributed by atoms with Gasteiger partial charge in [-0.05, 0) is 26.3 Å². The van der Waals surface area contributed by atoms with Crippen molar-refractivity contribution in [1.82, 2.24) is 9.88 Å². The molecule has 2 N–H and O–H groups in total. The summed E-state index contributed by atoms with van der Waals surface area (Å²) in [5, 5.41) is 13.3. The molecule has 0 saturated heterocycles. The lowest BCUT2D eigenvalue weighted by molar-refractivity contribution is 0.196. The predicted octanol–water partition coefficient (Wildman–Crippen LogP) is 1.48. The molecule has 1 heterocycles. The molecule has 1 atom stereocenters. The van der Waals surface area contributed by atoms with Crippen LogP contribution in [0.5, 0.6) is 0 Å². The molecule has 0 fully saturated rings. The van der Waals surface area contributed by atoms with Crippen molar-refractivity contribution >= 4 is 10.0 Å². The fourth-order valence-electron chi connectivity index (χ4n) is 2.19. The van der Waals surface area contributed by atoms with Crippen molar-refractivity contribution in [3.63, 3.8) is 0 Å². The summed E-state index contributed by atoms with van der Waals surface area (Å²) in [6, 6.07) is 8.91. The van der Waals surface area contributed by atoms with E-state index in [1.165, 1.54) is 6.92 Å². The van der Waals surface area contributed by atoms with Gasteiger partial charge in [-0.2, -0.15) is 4.72 Å². The van der Waals surface area contributed by atoms with Gasteiger partial charge in [-0.1, -0.05) is 35.5 Å². The Kier molecular flexibility index (Phi) is 4.18. The van der Waals surface area contributed by atoms with Crippen molar-refractivity contribution in [2.75, 3.05) is 6.61 Å². The van der Waals surface area contributed by atoms with Crippen LogP contribution in [0.2, 0.25) is 0 Å². The standard InChI is InChI=1S/C14H18N2O4S/c1-10-13(11(2)20-15-10)21(18,19)16-14(3,9-17)12-7-5-4-6-8-12/h4-8,16-17H,9H2,1-3H3. The second-order valence-corrected chi connectivity index (χ2v) is 6.73. The SMILES string of the molecule is Cc1noc(C)c1S(=O)(=O)NC(C)(CO)c1ccccc1. The molecule has 7 heteroatoms. The second kappa shape index (κ2) is 5.59. The second-order valence-electron chi connectivity index (χ2n) is 5.12. The van der Waals surface area contributed by atoms with Crippen molar-refractivity contribution in [1.29, 1.82) is 0 Å². The largest absolute Gasteiger partial charge is 0.394 e. The summed E-state index contributed by atoms with van der Waals surface area (Å²) in [6.07, 6.45) is 0. The first-order valence-corrected chi connectivity index (χ1v) is 7.92. The first-order chi connectivity index (χ1) is 9.80. The summed E-state index contributed by atoms with van der Waals surface area (Å²) < 4.78 is 32.6. The van der Waals surface area contributed by atoms with E-state index in [0.717, 1.165) is 0 Å². The Morgan fingerprint density at radius 3 is 2.38 bits per heavy atom. The molecule has 0 aliphatic carbocycles. The van der Waals surface area contributed by atoms with E-state index < -0.39 is 15.6 Å². The van der Waals surface area contributed by atoms with Crippen molar-refractivity contribution < 1.29 is 18.0 Å². The van der Waals surface area contributed by atoms with E-state index in [1.807, 2.05) is 6.07 Å². The number of aliphatic hydroxyl groups is 1. The van der Waals surface area contributed by atoms with Gasteiger partial charge in [0.15, 0.2) is 5.76 Å². The Hall–Kier alpha value is -1.70. The van der Waals surface area contributed by atoms with Gasteiger partial charge in [-0.3, -0.25) is 0 Å². The van der Waals surface area contributed by atoms with Gasteiger partial charge in [-0.25, -0.2) is 8.42 Å². The Balaban J connectivity index is 2.43. The highest BCUT2D eigenvalue weighted by molar-refractivity contribution is 7.89. The van der Waals surface area contributed by atoms with E-state index >= 15 is 0 Å². The van der Waals surface area contributed by atoms with Crippen LogP contribution in [-0.4, -0.2) is 25.3 Å². The Morgan fingerprint density at radius 2 is 1.90 bits per heavy atom. The molecule has 21 heavy (non-hydrogen) atoms. The summed E-state index contributed by atoms with van der Waals surface area (Å²) in [5.74, 6) is 0.216. The molecular weight excluding hydrogens is 292 g/mol. The molecule has 0 radical (unpaired) electrons. The Morgan fingerprint density at radius 1 is 1.29 bits per heavy atom. The van der Waals surface area contributed by atoms with Crippen LogP contribution >= 0.6 is 0 Å². The summed E-state index contributed by atoms with van der Waals surface area (Å²) in [7, 11) is -3.86. The quantitative estimate of drug-likeness (QED) is 0.872. The van der Waals surface area contributed by atoms with Crippen molar-refractivity contribution in [2.45, 2.75) is 31.2 Å². The maximum absolute atomic E-state index is 12.6. The number of aliphatic hydroxyl groups excluding tert-OH is 1. The minimum atomic E-state index is -3.86. The van der Waals surface area contributed by atoms with Crippen LogP contribution in [0.3, 0.4) is 0 Å². The van der Waals surface area contributed by atoms with Gasteiger partial charge in [0, 0.05) is 0 Å². The Bertz CT molecular complexity index is 705. The average molecular weight is 310 g/mol. The van der Waals surface area contributed by atoms with Crippen LogP contribution in [-0.2, 0) is 15.6 Å². The van der Waals surface area contributed by atoms with Crippen LogP contribution in [0.4, 0.5) is 0 Å². The molecular formula is C14H18N2O4S. The first kappa shape index (κ1) is 15.7. The van der Waals surface area contributed by atoms with Crippen molar-refractivity contribution in [3.8, 4) is 0 Å². The molecule has 0 spiro atoms. The number of nitrogens with one attached hydrogen (secondary N) is 1. The van der Waals surface area contributed by atoms with E-state index in [1.54, 1.807) is 38.1 Å². The summed E-state index contributed by atoms with van der Waals surface area (Å²) in [5.41, 5.74) is -0.174. The smallest absolute Gasteiger partial charge is 0.246 e. The topological polar surface area (TPSA) is 92.4 Å². The molecule has 0 saturated carbocycles. The van der Waals surface area contributed by atoms with Gasteiger partial charge in [0.2, 0.25) is 10.0 Å². The lowest BCUT2D eigenvalue weighted by Gasteiger charge is -2.28. The molecule has 1 aromatic carbocycles. The molecule has 0 amide bonds. The minimum absolute atomic E-state index is 0.0121. The third-order valence-electron chi connectivity index (χ3n) is 3.32. The lowest BCUT2D eigenvalue weighted by atomic mass is 9.94. The molecule has 6 nitrogen and oxygen atoms in total. The number of aryl methyl sites for hydroxylation is 2. The van der Waals surface area contributed by atoms with Crippen LogP contribution in [0.15, 0.2) is 39.8 Å². The minimum Gasteiger partial charge on any atom is -0.394 e. The van der Waals surface area contributed by atoms with Crippen molar-refractivity contribution in [2.24, 2.45) is 0 Å². The van der Waals surface area contributed by atoms with E-state index in [9.17, 15) is 13.5 Å². The predicted molar refractivity (Wildman–Crippen MR) is 77.2 cm³/mol. The number of hydrogen-bond acceptors (Lipinski definition) is 5. The molecule has 114 valence electrons. The molecule has 0 bridgehead atoms. The van der Waals surface area contributed by atoms with Gasteiger partial charge in [-0.15, -0.1) is 0 Å². The zero-order valence-corrected chi connectivity index (χ0v) is 12.9. The molecule has 0 aliphatic rings. The zero-order chi connectivity index (χ0) is 15.7. The maximum Gasteiger partial charge on any atom is 0.246 e. The Labute approximate surface area is 123 Å². The number of hydrogen-bond donors (Lipinski definition) is 2. The molecule has 2 rings (SSSR count). The third kappa shape index (κ3) is 2.99. The fraction of sp³-hybridized carbons (Fsp3) is 0.357. The van der Waals surface area contributed by atoms with Crippen LogP contribution in [0.25, 0.3) is 0 Å². The van der Waals surface area contributed by atoms with Crippen LogP contribution in [0.1, 0.15) is 23.9 Å². The lowest BCUT2D eigenvalue weighted by Crippen LogP contribution is -2.46. The normalized spacial score (nSPS) is 14.9. The zero-order valence-electron chi connectivity index (χ0n) is 12.1. The summed E-state index contributed by atoms with van der Waals surface area (Å²) in [4.78, 5) is 0.0121. The highest BCUT2D eigenvalue weighted by Gasteiger charge is 2.34. The fourth-order valence-corrected chi connectivity index (χ4v) is 3.91. The van der Waals surface area contributed by atoms with E-state index in [0.29, 0.717) is 5.56 Å². The number of aromatic nitrogens is 1. The highest BCUT2D eigenvalue weighted by atomic mass is 32.2. The van der Waals surface area contributed by atoms with Gasteiger partial charge < -0.3 is 9.63 Å². The highest BCUT2D eigenvalue weighted by Crippen LogP contribution is 2.25. The van der Waals surface area contributed by atoms with Gasteiger partial charge in [0.25, 0.3) is 0 Å². The monoisotopic (exact) mass is 310 g/mol. The summed E-state index contributed by atoms with van der Waals surface area (Å²) >= 11 is 0. The van der Waals surface area contributed by atoms with Crippen LogP contribution < -0.4 is 4.72 Å². The number of rotatable bonds is 5. The molecule has 1 aromatic heterocycles. The molecule has 0 aliphatic heterocycles. The van der Waals surface area contributed by atoms with Gasteiger partial charge in [0.05, 0.1) is 12.1 Å². The van der Waals surface area contributed by atoms with Crippen molar-refractivity contribution in [3.05, 3.63) is 47.3 Å². The van der Waals surface area contributed by atoms with Gasteiger partial charge in [0.1, 0.15) is 10.6 Å². The van der Waals surface area contributed by atoms with Crippen LogP contribution in [0, 0.1) is 13.8 Å². The maximum atomic E-state index is 12.6. The van der Waals surface area contributed by atoms with E-state index in [4.69, 9.17) is 4.52 Å². The molecule has 1 unspecified atom stereocenters. The average Bonchev–Trinajstić information content (AvgIpc) is 2.79.